The number of ether oxygens (including phenoxy) is 1. The lowest BCUT2D eigenvalue weighted by Crippen LogP contribution is -2.06. The van der Waals surface area contributed by atoms with Crippen LogP contribution in [0.15, 0.2) is 48.5 Å². The first-order valence-electron chi connectivity index (χ1n) is 11.1. The number of carbonyl (C=O) groups excluding carboxylic acids is 1. The van der Waals surface area contributed by atoms with Crippen LogP contribution >= 0.6 is 0 Å². The molecule has 0 amide bonds. The largest absolute Gasteiger partial charge is 0.457 e. The Morgan fingerprint density at radius 2 is 1.43 bits per heavy atom. The van der Waals surface area contributed by atoms with Crippen molar-refractivity contribution in [3.63, 3.8) is 0 Å². The van der Waals surface area contributed by atoms with E-state index in [0.29, 0.717) is 0 Å². The summed E-state index contributed by atoms with van der Waals surface area (Å²) < 4.78 is 5.66. The molecule has 1 fully saturated rings. The van der Waals surface area contributed by atoms with E-state index in [9.17, 15) is 4.79 Å². The van der Waals surface area contributed by atoms with Crippen LogP contribution in [0.25, 0.3) is 11.1 Å². The van der Waals surface area contributed by atoms with Crippen LogP contribution in [-0.2, 0) is 16.0 Å². The number of cyclic esters (lactones) is 1. The van der Waals surface area contributed by atoms with Crippen molar-refractivity contribution in [2.45, 2.75) is 77.7 Å². The molecule has 2 unspecified atom stereocenters. The molecule has 2 nitrogen and oxygen atoms in total. The van der Waals surface area contributed by atoms with Crippen LogP contribution in [0.5, 0.6) is 0 Å². The van der Waals surface area contributed by atoms with E-state index in [1.54, 1.807) is 0 Å². The number of carbonyl (C=O) groups is 1. The third-order valence-electron chi connectivity index (χ3n) is 5.89. The zero-order chi connectivity index (χ0) is 19.8. The number of hydrogen-bond donors (Lipinski definition) is 0. The van der Waals surface area contributed by atoms with E-state index in [4.69, 9.17) is 4.74 Å². The SMILES string of the molecule is CCCCCc1ccc(-c2ccc(C3CC(CCCCC)C(=O)O3)cc2)cc1. The molecule has 2 aromatic rings. The summed E-state index contributed by atoms with van der Waals surface area (Å²) in [4.78, 5) is 12.1. The van der Waals surface area contributed by atoms with Gasteiger partial charge in [0.2, 0.25) is 0 Å². The van der Waals surface area contributed by atoms with Crippen LogP contribution < -0.4 is 0 Å². The lowest BCUT2D eigenvalue weighted by Gasteiger charge is -2.11. The van der Waals surface area contributed by atoms with Gasteiger partial charge in [-0.1, -0.05) is 94.5 Å². The summed E-state index contributed by atoms with van der Waals surface area (Å²) in [5, 5.41) is 0. The molecule has 1 aliphatic heterocycles. The maximum atomic E-state index is 12.1. The van der Waals surface area contributed by atoms with Gasteiger partial charge in [-0.15, -0.1) is 0 Å². The molecule has 0 aliphatic carbocycles. The summed E-state index contributed by atoms with van der Waals surface area (Å²) in [6.07, 6.45) is 10.2. The molecule has 0 bridgehead atoms. The molecular formula is C26H34O2. The van der Waals surface area contributed by atoms with Gasteiger partial charge < -0.3 is 4.74 Å². The topological polar surface area (TPSA) is 26.3 Å². The van der Waals surface area contributed by atoms with Gasteiger partial charge in [0.15, 0.2) is 0 Å². The van der Waals surface area contributed by atoms with Gasteiger partial charge >= 0.3 is 5.97 Å². The van der Waals surface area contributed by atoms with Crippen LogP contribution in [0.2, 0.25) is 0 Å². The van der Waals surface area contributed by atoms with Crippen molar-refractivity contribution < 1.29 is 9.53 Å². The van der Waals surface area contributed by atoms with Crippen LogP contribution in [0, 0.1) is 5.92 Å². The fraction of sp³-hybridized carbons (Fsp3) is 0.500. The normalized spacial score (nSPS) is 19.0. The number of benzene rings is 2. The van der Waals surface area contributed by atoms with Crippen molar-refractivity contribution in [1.82, 2.24) is 0 Å². The van der Waals surface area contributed by atoms with Crippen molar-refractivity contribution in [2.75, 3.05) is 0 Å². The Bertz CT molecular complexity index is 730. The zero-order valence-electron chi connectivity index (χ0n) is 17.5. The highest BCUT2D eigenvalue weighted by molar-refractivity contribution is 5.75. The average Bonchev–Trinajstić information content (AvgIpc) is 3.10. The highest BCUT2D eigenvalue weighted by Crippen LogP contribution is 2.36. The smallest absolute Gasteiger partial charge is 0.309 e. The lowest BCUT2D eigenvalue weighted by atomic mass is 9.94. The molecular weight excluding hydrogens is 344 g/mol. The van der Waals surface area contributed by atoms with Gasteiger partial charge in [-0.3, -0.25) is 4.79 Å². The molecule has 0 N–H and O–H groups in total. The fourth-order valence-corrected chi connectivity index (χ4v) is 4.05. The Balaban J connectivity index is 1.58. The second kappa shape index (κ2) is 10.5. The van der Waals surface area contributed by atoms with Crippen molar-refractivity contribution in [1.29, 1.82) is 0 Å². The lowest BCUT2D eigenvalue weighted by molar-refractivity contribution is -0.144. The second-order valence-corrected chi connectivity index (χ2v) is 8.13. The van der Waals surface area contributed by atoms with Crippen LogP contribution in [0.3, 0.4) is 0 Å². The first kappa shape index (κ1) is 20.6. The van der Waals surface area contributed by atoms with E-state index in [1.807, 2.05) is 0 Å². The Morgan fingerprint density at radius 3 is 2.07 bits per heavy atom. The molecule has 3 rings (SSSR count). The summed E-state index contributed by atoms with van der Waals surface area (Å²) in [5.41, 5.74) is 4.99. The van der Waals surface area contributed by atoms with E-state index < -0.39 is 0 Å². The first-order chi connectivity index (χ1) is 13.7. The minimum Gasteiger partial charge on any atom is -0.457 e. The Morgan fingerprint density at radius 1 is 0.821 bits per heavy atom. The maximum absolute atomic E-state index is 12.1. The molecule has 0 aromatic heterocycles. The Labute approximate surface area is 170 Å². The molecule has 0 radical (unpaired) electrons. The summed E-state index contributed by atoms with van der Waals surface area (Å²) in [5.74, 6) is 0.0697. The molecule has 2 heteroatoms. The molecule has 2 aromatic carbocycles. The third-order valence-corrected chi connectivity index (χ3v) is 5.89. The van der Waals surface area contributed by atoms with Crippen molar-refractivity contribution in [3.05, 3.63) is 59.7 Å². The van der Waals surface area contributed by atoms with Crippen molar-refractivity contribution >= 4 is 5.97 Å². The molecule has 1 heterocycles. The van der Waals surface area contributed by atoms with Crippen LogP contribution in [0.1, 0.15) is 82.4 Å². The molecule has 0 saturated carbocycles. The van der Waals surface area contributed by atoms with E-state index in [1.165, 1.54) is 55.2 Å². The molecule has 2 atom stereocenters. The number of unbranched alkanes of at least 4 members (excludes halogenated alkanes) is 4. The van der Waals surface area contributed by atoms with E-state index in [0.717, 1.165) is 24.8 Å². The summed E-state index contributed by atoms with van der Waals surface area (Å²) in [6, 6.07) is 17.5. The van der Waals surface area contributed by atoms with Gasteiger partial charge in [-0.05, 0) is 41.5 Å². The Hall–Kier alpha value is -2.09. The van der Waals surface area contributed by atoms with E-state index >= 15 is 0 Å². The fourth-order valence-electron chi connectivity index (χ4n) is 4.05. The number of rotatable bonds is 10. The predicted octanol–water partition coefficient (Wildman–Crippen LogP) is 7.27. The van der Waals surface area contributed by atoms with Gasteiger partial charge in [0.25, 0.3) is 0 Å². The Kier molecular flexibility index (Phi) is 7.71. The van der Waals surface area contributed by atoms with Crippen LogP contribution in [0.4, 0.5) is 0 Å². The van der Waals surface area contributed by atoms with E-state index in [2.05, 4.69) is 62.4 Å². The number of aryl methyl sites for hydroxylation is 1. The summed E-state index contributed by atoms with van der Waals surface area (Å²) >= 11 is 0. The summed E-state index contributed by atoms with van der Waals surface area (Å²) in [7, 11) is 0. The maximum Gasteiger partial charge on any atom is 0.309 e. The van der Waals surface area contributed by atoms with Gasteiger partial charge in [-0.25, -0.2) is 0 Å². The van der Waals surface area contributed by atoms with Gasteiger partial charge in [-0.2, -0.15) is 0 Å². The summed E-state index contributed by atoms with van der Waals surface area (Å²) in [6.45, 7) is 4.43. The minimum atomic E-state index is -0.0749. The highest BCUT2D eigenvalue weighted by Gasteiger charge is 2.34. The zero-order valence-corrected chi connectivity index (χ0v) is 17.5. The average molecular weight is 379 g/mol. The van der Waals surface area contributed by atoms with Crippen LogP contribution in [-0.4, -0.2) is 5.97 Å². The van der Waals surface area contributed by atoms with Crippen molar-refractivity contribution in [2.24, 2.45) is 5.92 Å². The first-order valence-corrected chi connectivity index (χ1v) is 11.1. The van der Waals surface area contributed by atoms with E-state index in [-0.39, 0.29) is 18.0 Å². The monoisotopic (exact) mass is 378 g/mol. The second-order valence-electron chi connectivity index (χ2n) is 8.13. The third kappa shape index (κ3) is 5.47. The highest BCUT2D eigenvalue weighted by atomic mass is 16.5. The number of hydrogen-bond acceptors (Lipinski definition) is 2. The molecule has 28 heavy (non-hydrogen) atoms. The van der Waals surface area contributed by atoms with Crippen molar-refractivity contribution in [3.8, 4) is 11.1 Å². The molecule has 0 spiro atoms. The van der Waals surface area contributed by atoms with Gasteiger partial charge in [0.1, 0.15) is 6.10 Å². The molecule has 1 aliphatic rings. The molecule has 150 valence electrons. The van der Waals surface area contributed by atoms with Gasteiger partial charge in [0, 0.05) is 6.42 Å². The molecule has 1 saturated heterocycles. The number of esters is 1. The van der Waals surface area contributed by atoms with Gasteiger partial charge in [0.05, 0.1) is 5.92 Å². The predicted molar refractivity (Wildman–Crippen MR) is 116 cm³/mol. The standard InChI is InChI=1S/C26H34O2/c1-3-5-7-9-20-11-13-21(14-12-20)22-15-17-23(18-16-22)25-19-24(26(27)28-25)10-8-6-4-2/h11-18,24-25H,3-10,19H2,1-2H3. The quantitative estimate of drug-likeness (QED) is 0.321. The minimum absolute atomic E-state index is 0.0103.